The molecule has 0 atom stereocenters. The Morgan fingerprint density at radius 2 is 2.27 bits per heavy atom. The lowest BCUT2D eigenvalue weighted by molar-refractivity contribution is 0.189. The van der Waals surface area contributed by atoms with Crippen molar-refractivity contribution in [2.75, 3.05) is 6.54 Å². The number of hydrogen-bond acceptors (Lipinski definition) is 3. The van der Waals surface area contributed by atoms with Crippen molar-refractivity contribution < 1.29 is 0 Å². The average Bonchev–Trinajstić information content (AvgIpc) is 2.60. The Hall–Kier alpha value is -0.410. The Bertz CT molecular complexity index is 326. The smallest absolute Gasteiger partial charge is 0.113 e. The van der Waals surface area contributed by atoms with E-state index in [0.717, 1.165) is 6.54 Å². The number of rotatable bonds is 4. The van der Waals surface area contributed by atoms with Crippen LogP contribution < -0.4 is 5.32 Å². The maximum Gasteiger partial charge on any atom is 0.113 e. The fourth-order valence-electron chi connectivity index (χ4n) is 2.11. The molecule has 2 rings (SSSR count). The molecule has 0 aromatic carbocycles. The summed E-state index contributed by atoms with van der Waals surface area (Å²) in [6, 6.07) is 0. The minimum Gasteiger partial charge on any atom is -0.306 e. The first kappa shape index (κ1) is 11.1. The summed E-state index contributed by atoms with van der Waals surface area (Å²) in [5, 5.41) is 7.14. The highest BCUT2D eigenvalue weighted by Crippen LogP contribution is 2.42. The second kappa shape index (κ2) is 4.22. The molecule has 1 N–H and O–H groups in total. The Morgan fingerprint density at radius 1 is 1.53 bits per heavy atom. The van der Waals surface area contributed by atoms with Gasteiger partial charge in [-0.25, -0.2) is 4.98 Å². The zero-order valence-electron chi connectivity index (χ0n) is 9.84. The molecule has 0 bridgehead atoms. The van der Waals surface area contributed by atoms with E-state index in [1.165, 1.54) is 30.0 Å². The predicted molar refractivity (Wildman–Crippen MR) is 65.4 cm³/mol. The Morgan fingerprint density at radius 3 is 2.67 bits per heavy atom. The second-order valence-electron chi connectivity index (χ2n) is 4.70. The second-order valence-corrected chi connectivity index (χ2v) is 5.56. The first-order valence-electron chi connectivity index (χ1n) is 5.89. The van der Waals surface area contributed by atoms with Gasteiger partial charge in [0.05, 0.1) is 11.2 Å². The Labute approximate surface area is 96.1 Å². The van der Waals surface area contributed by atoms with Gasteiger partial charge in [0, 0.05) is 5.38 Å². The third-order valence-corrected chi connectivity index (χ3v) is 4.31. The summed E-state index contributed by atoms with van der Waals surface area (Å²) in [4.78, 5) is 4.78. The average molecular weight is 224 g/mol. The maximum absolute atomic E-state index is 4.78. The molecule has 1 saturated carbocycles. The summed E-state index contributed by atoms with van der Waals surface area (Å²) < 4.78 is 0. The van der Waals surface area contributed by atoms with Crippen molar-refractivity contribution in [2.24, 2.45) is 0 Å². The van der Waals surface area contributed by atoms with Crippen LogP contribution in [0.15, 0.2) is 5.38 Å². The number of nitrogens with zero attached hydrogens (tertiary/aromatic N) is 1. The molecule has 0 aliphatic heterocycles. The van der Waals surface area contributed by atoms with E-state index in [-0.39, 0.29) is 5.54 Å². The van der Waals surface area contributed by atoms with Gasteiger partial charge < -0.3 is 5.32 Å². The van der Waals surface area contributed by atoms with E-state index in [2.05, 4.69) is 31.5 Å². The van der Waals surface area contributed by atoms with Gasteiger partial charge >= 0.3 is 0 Å². The van der Waals surface area contributed by atoms with Crippen molar-refractivity contribution in [2.45, 2.75) is 51.5 Å². The summed E-state index contributed by atoms with van der Waals surface area (Å²) in [7, 11) is 0. The predicted octanol–water partition coefficient (Wildman–Crippen LogP) is 3.26. The normalized spacial score (nSPS) is 19.2. The van der Waals surface area contributed by atoms with Crippen LogP contribution in [0.3, 0.4) is 0 Å². The topological polar surface area (TPSA) is 24.9 Å². The molecule has 0 radical (unpaired) electrons. The molecule has 0 saturated heterocycles. The molecule has 15 heavy (non-hydrogen) atoms. The van der Waals surface area contributed by atoms with Crippen LogP contribution in [0, 0.1) is 0 Å². The number of nitrogens with one attached hydrogen (secondary N) is 1. The fraction of sp³-hybridized carbons (Fsp3) is 0.750. The highest BCUT2D eigenvalue weighted by atomic mass is 32.1. The van der Waals surface area contributed by atoms with Gasteiger partial charge in [0.2, 0.25) is 0 Å². The van der Waals surface area contributed by atoms with Crippen molar-refractivity contribution in [3.8, 4) is 0 Å². The van der Waals surface area contributed by atoms with Crippen molar-refractivity contribution in [1.29, 1.82) is 0 Å². The molecule has 84 valence electrons. The lowest BCUT2D eigenvalue weighted by Crippen LogP contribution is -2.47. The van der Waals surface area contributed by atoms with Crippen molar-refractivity contribution in [1.82, 2.24) is 10.3 Å². The molecule has 3 heteroatoms. The van der Waals surface area contributed by atoms with E-state index < -0.39 is 0 Å². The van der Waals surface area contributed by atoms with Crippen LogP contribution in [-0.2, 0) is 5.54 Å². The van der Waals surface area contributed by atoms with Crippen molar-refractivity contribution in [3.05, 3.63) is 16.1 Å². The number of hydrogen-bond donors (Lipinski definition) is 1. The first-order valence-corrected chi connectivity index (χ1v) is 6.77. The van der Waals surface area contributed by atoms with E-state index in [4.69, 9.17) is 4.98 Å². The standard InChI is InChI=1S/C12H20N2S/c1-4-13-12(6-5-7-12)11-14-10(8-15-11)9(2)3/h8-9,13H,4-7H2,1-3H3. The molecule has 0 unspecified atom stereocenters. The van der Waals surface area contributed by atoms with Crippen LogP contribution in [0.25, 0.3) is 0 Å². The van der Waals surface area contributed by atoms with Gasteiger partial charge in [-0.1, -0.05) is 20.8 Å². The Kier molecular flexibility index (Phi) is 3.12. The van der Waals surface area contributed by atoms with Crippen LogP contribution in [0.5, 0.6) is 0 Å². The highest BCUT2D eigenvalue weighted by molar-refractivity contribution is 7.09. The van der Waals surface area contributed by atoms with Gasteiger partial charge in [0.1, 0.15) is 5.01 Å². The molecule has 1 aromatic heterocycles. The van der Waals surface area contributed by atoms with E-state index in [0.29, 0.717) is 5.92 Å². The van der Waals surface area contributed by atoms with E-state index in [1.807, 2.05) is 11.3 Å². The largest absolute Gasteiger partial charge is 0.306 e. The zero-order chi connectivity index (χ0) is 10.9. The summed E-state index contributed by atoms with van der Waals surface area (Å²) in [5.41, 5.74) is 1.48. The summed E-state index contributed by atoms with van der Waals surface area (Å²) in [6.07, 6.45) is 3.85. The van der Waals surface area contributed by atoms with Gasteiger partial charge in [0.15, 0.2) is 0 Å². The third kappa shape index (κ3) is 1.95. The Balaban J connectivity index is 2.19. The number of aromatic nitrogens is 1. The van der Waals surface area contributed by atoms with Gasteiger partial charge in [-0.2, -0.15) is 0 Å². The van der Waals surface area contributed by atoms with Crippen LogP contribution >= 0.6 is 11.3 Å². The molecule has 2 nitrogen and oxygen atoms in total. The zero-order valence-corrected chi connectivity index (χ0v) is 10.7. The minimum atomic E-state index is 0.229. The SMILES string of the molecule is CCNC1(c2nc(C(C)C)cs2)CCC1. The number of thiazole rings is 1. The minimum absolute atomic E-state index is 0.229. The quantitative estimate of drug-likeness (QED) is 0.849. The van der Waals surface area contributed by atoms with Crippen LogP contribution in [0.1, 0.15) is 56.7 Å². The van der Waals surface area contributed by atoms with Gasteiger partial charge in [-0.15, -0.1) is 11.3 Å². The molecule has 0 spiro atoms. The van der Waals surface area contributed by atoms with Gasteiger partial charge in [0.25, 0.3) is 0 Å². The first-order chi connectivity index (χ1) is 7.18. The van der Waals surface area contributed by atoms with Gasteiger partial charge in [-0.05, 0) is 31.7 Å². The van der Waals surface area contributed by atoms with Crippen LogP contribution in [0.4, 0.5) is 0 Å². The molecule has 0 amide bonds. The summed E-state index contributed by atoms with van der Waals surface area (Å²) in [5.74, 6) is 0.550. The molecular formula is C12H20N2S. The molecule has 1 aromatic rings. The van der Waals surface area contributed by atoms with E-state index in [9.17, 15) is 0 Å². The van der Waals surface area contributed by atoms with Crippen LogP contribution in [-0.4, -0.2) is 11.5 Å². The highest BCUT2D eigenvalue weighted by Gasteiger charge is 2.40. The molecule has 1 aliphatic rings. The van der Waals surface area contributed by atoms with Crippen LogP contribution in [0.2, 0.25) is 0 Å². The van der Waals surface area contributed by atoms with Crippen molar-refractivity contribution in [3.63, 3.8) is 0 Å². The maximum atomic E-state index is 4.78. The molecule has 1 fully saturated rings. The lowest BCUT2D eigenvalue weighted by atomic mass is 9.77. The van der Waals surface area contributed by atoms with E-state index in [1.54, 1.807) is 0 Å². The summed E-state index contributed by atoms with van der Waals surface area (Å²) >= 11 is 1.83. The summed E-state index contributed by atoms with van der Waals surface area (Å²) in [6.45, 7) is 7.63. The molecular weight excluding hydrogens is 204 g/mol. The molecule has 1 heterocycles. The lowest BCUT2D eigenvalue weighted by Gasteiger charge is -2.40. The van der Waals surface area contributed by atoms with Crippen molar-refractivity contribution >= 4 is 11.3 Å². The van der Waals surface area contributed by atoms with E-state index >= 15 is 0 Å². The monoisotopic (exact) mass is 224 g/mol. The third-order valence-electron chi connectivity index (χ3n) is 3.25. The fourth-order valence-corrected chi connectivity index (χ4v) is 3.32. The molecule has 1 aliphatic carbocycles. The van der Waals surface area contributed by atoms with Gasteiger partial charge in [-0.3, -0.25) is 0 Å².